The van der Waals surface area contributed by atoms with Gasteiger partial charge in [-0.25, -0.2) is 4.98 Å². The average Bonchev–Trinajstić information content (AvgIpc) is 3.05. The molecule has 0 atom stereocenters. The van der Waals surface area contributed by atoms with E-state index in [2.05, 4.69) is 55.3 Å². The Morgan fingerprint density at radius 3 is 2.61 bits per heavy atom. The van der Waals surface area contributed by atoms with Gasteiger partial charge >= 0.3 is 0 Å². The first-order chi connectivity index (χ1) is 13.5. The van der Waals surface area contributed by atoms with Crippen molar-refractivity contribution in [3.8, 4) is 6.07 Å². The zero-order valence-corrected chi connectivity index (χ0v) is 17.4. The Kier molecular flexibility index (Phi) is 4.99. The molecule has 1 aliphatic rings. The Balaban J connectivity index is 2.03. The van der Waals surface area contributed by atoms with Crippen LogP contribution in [0.1, 0.15) is 37.0 Å². The number of hydrogen-bond donors (Lipinski definition) is 1. The van der Waals surface area contributed by atoms with Crippen molar-refractivity contribution in [3.63, 3.8) is 0 Å². The van der Waals surface area contributed by atoms with Crippen molar-refractivity contribution < 1.29 is 4.90 Å². The monoisotopic (exact) mass is 376 g/mol. The van der Waals surface area contributed by atoms with Gasteiger partial charge in [0.05, 0.1) is 49.8 Å². The quantitative estimate of drug-likeness (QED) is 0.761. The molecule has 5 heteroatoms. The largest absolute Gasteiger partial charge is 0.346 e. The number of benzene rings is 1. The van der Waals surface area contributed by atoms with Crippen molar-refractivity contribution in [1.82, 2.24) is 9.38 Å². The van der Waals surface area contributed by atoms with Crippen molar-refractivity contribution in [1.29, 1.82) is 5.26 Å². The SMILES string of the molecule is Cc1c(CCC(C)C)c(N2CC[NH+](C)CC2)n2c(nc3ccccc32)c1C#N. The fourth-order valence-corrected chi connectivity index (χ4v) is 4.33. The van der Waals surface area contributed by atoms with E-state index in [4.69, 9.17) is 4.98 Å². The summed E-state index contributed by atoms with van der Waals surface area (Å²) in [6, 6.07) is 10.7. The van der Waals surface area contributed by atoms with Crippen LogP contribution in [0, 0.1) is 24.2 Å². The number of nitrogens with zero attached hydrogens (tertiary/aromatic N) is 4. The second kappa shape index (κ2) is 7.44. The topological polar surface area (TPSA) is 48.8 Å². The summed E-state index contributed by atoms with van der Waals surface area (Å²) in [5, 5.41) is 9.96. The number of fused-ring (bicyclic) bond motifs is 3. The van der Waals surface area contributed by atoms with Crippen LogP contribution in [0.3, 0.4) is 0 Å². The molecule has 0 aliphatic carbocycles. The number of quaternary nitrogens is 1. The summed E-state index contributed by atoms with van der Waals surface area (Å²) < 4.78 is 2.26. The highest BCUT2D eigenvalue weighted by Gasteiger charge is 2.27. The molecule has 2 aromatic heterocycles. The fourth-order valence-electron chi connectivity index (χ4n) is 4.33. The number of anilines is 1. The molecule has 5 nitrogen and oxygen atoms in total. The van der Waals surface area contributed by atoms with Crippen LogP contribution in [0.2, 0.25) is 0 Å². The van der Waals surface area contributed by atoms with Gasteiger partial charge in [-0.05, 0) is 48.9 Å². The number of para-hydroxylation sites is 2. The molecular formula is C23H30N5+. The predicted octanol–water partition coefficient (Wildman–Crippen LogP) is 2.59. The highest BCUT2D eigenvalue weighted by Crippen LogP contribution is 2.34. The highest BCUT2D eigenvalue weighted by atomic mass is 15.3. The molecule has 4 rings (SSSR count). The number of pyridine rings is 1. The lowest BCUT2D eigenvalue weighted by molar-refractivity contribution is -0.880. The standard InChI is InChI=1S/C23H29N5/c1-16(2)9-10-18-17(3)19(15-24)22-25-20-7-5-6-8-21(20)28(22)23(18)27-13-11-26(4)12-14-27/h5-8,16H,9-14H2,1-4H3/p+1. The van der Waals surface area contributed by atoms with Gasteiger partial charge in [-0.3, -0.25) is 4.40 Å². The van der Waals surface area contributed by atoms with E-state index in [9.17, 15) is 5.26 Å². The van der Waals surface area contributed by atoms with E-state index < -0.39 is 0 Å². The second-order valence-electron chi connectivity index (χ2n) is 8.55. The first kappa shape index (κ1) is 18.8. The van der Waals surface area contributed by atoms with E-state index in [1.54, 1.807) is 4.90 Å². The van der Waals surface area contributed by atoms with Gasteiger partial charge in [0.2, 0.25) is 0 Å². The Bertz CT molecular complexity index is 1050. The van der Waals surface area contributed by atoms with Crippen molar-refractivity contribution in [3.05, 3.63) is 41.0 Å². The van der Waals surface area contributed by atoms with Gasteiger partial charge in [0, 0.05) is 0 Å². The fraction of sp³-hybridized carbons (Fsp3) is 0.478. The lowest BCUT2D eigenvalue weighted by Crippen LogP contribution is -3.12. The molecule has 0 amide bonds. The lowest BCUT2D eigenvalue weighted by Gasteiger charge is -2.34. The number of rotatable bonds is 4. The Morgan fingerprint density at radius 2 is 1.93 bits per heavy atom. The van der Waals surface area contributed by atoms with Crippen LogP contribution in [0.5, 0.6) is 0 Å². The summed E-state index contributed by atoms with van der Waals surface area (Å²) in [7, 11) is 2.27. The van der Waals surface area contributed by atoms with Crippen LogP contribution in [0.25, 0.3) is 16.7 Å². The van der Waals surface area contributed by atoms with E-state index in [0.717, 1.165) is 66.8 Å². The summed E-state index contributed by atoms with van der Waals surface area (Å²) in [6.07, 6.45) is 2.12. The highest BCUT2D eigenvalue weighted by molar-refractivity contribution is 5.86. The average molecular weight is 377 g/mol. The third kappa shape index (κ3) is 3.12. The maximum absolute atomic E-state index is 9.96. The van der Waals surface area contributed by atoms with Crippen molar-refractivity contribution in [2.75, 3.05) is 38.1 Å². The number of imidazole rings is 1. The first-order valence-electron chi connectivity index (χ1n) is 10.4. The van der Waals surface area contributed by atoms with Crippen molar-refractivity contribution in [2.24, 2.45) is 5.92 Å². The molecule has 1 fully saturated rings. The smallest absolute Gasteiger partial charge is 0.157 e. The van der Waals surface area contributed by atoms with Crippen LogP contribution in [0.15, 0.2) is 24.3 Å². The molecule has 1 aromatic carbocycles. The summed E-state index contributed by atoms with van der Waals surface area (Å²) in [4.78, 5) is 8.97. The summed E-state index contributed by atoms with van der Waals surface area (Å²) >= 11 is 0. The number of nitrogens with one attached hydrogen (secondary N) is 1. The van der Waals surface area contributed by atoms with Gasteiger partial charge in [0.1, 0.15) is 11.9 Å². The molecule has 1 saturated heterocycles. The molecule has 0 saturated carbocycles. The molecule has 146 valence electrons. The first-order valence-corrected chi connectivity index (χ1v) is 10.4. The minimum atomic E-state index is 0.630. The maximum Gasteiger partial charge on any atom is 0.157 e. The van der Waals surface area contributed by atoms with E-state index in [0.29, 0.717) is 5.92 Å². The molecule has 0 bridgehead atoms. The van der Waals surface area contributed by atoms with Gasteiger partial charge in [0.15, 0.2) is 5.65 Å². The van der Waals surface area contributed by atoms with Gasteiger partial charge in [-0.1, -0.05) is 26.0 Å². The van der Waals surface area contributed by atoms with E-state index in [1.165, 1.54) is 11.4 Å². The van der Waals surface area contributed by atoms with Gasteiger partial charge in [-0.2, -0.15) is 5.26 Å². The second-order valence-corrected chi connectivity index (χ2v) is 8.55. The predicted molar refractivity (Wildman–Crippen MR) is 114 cm³/mol. The van der Waals surface area contributed by atoms with Gasteiger partial charge in [0.25, 0.3) is 0 Å². The van der Waals surface area contributed by atoms with Crippen LogP contribution in [-0.2, 0) is 6.42 Å². The molecule has 3 aromatic rings. The van der Waals surface area contributed by atoms with Crippen molar-refractivity contribution >= 4 is 22.5 Å². The third-order valence-corrected chi connectivity index (χ3v) is 6.09. The van der Waals surface area contributed by atoms with Crippen LogP contribution >= 0.6 is 0 Å². The minimum Gasteiger partial charge on any atom is -0.346 e. The number of likely N-dealkylation sites (N-methyl/N-ethyl adjacent to an activating group) is 1. The normalized spacial score (nSPS) is 15.6. The molecule has 3 heterocycles. The molecule has 0 unspecified atom stereocenters. The van der Waals surface area contributed by atoms with Crippen LogP contribution in [0.4, 0.5) is 5.82 Å². The third-order valence-electron chi connectivity index (χ3n) is 6.09. The number of nitriles is 1. The van der Waals surface area contributed by atoms with Crippen LogP contribution in [-0.4, -0.2) is 42.6 Å². The number of piperazine rings is 1. The maximum atomic E-state index is 9.96. The van der Waals surface area contributed by atoms with Gasteiger partial charge < -0.3 is 9.80 Å². The van der Waals surface area contributed by atoms with Gasteiger partial charge in [-0.15, -0.1) is 0 Å². The summed E-state index contributed by atoms with van der Waals surface area (Å²) in [6.45, 7) is 11.0. The molecule has 28 heavy (non-hydrogen) atoms. The summed E-state index contributed by atoms with van der Waals surface area (Å²) in [5.74, 6) is 1.89. The Morgan fingerprint density at radius 1 is 1.21 bits per heavy atom. The zero-order valence-electron chi connectivity index (χ0n) is 17.4. The van der Waals surface area contributed by atoms with E-state index in [1.807, 2.05) is 12.1 Å². The minimum absolute atomic E-state index is 0.630. The zero-order chi connectivity index (χ0) is 19.8. The molecule has 1 aliphatic heterocycles. The molecular weight excluding hydrogens is 346 g/mol. The van der Waals surface area contributed by atoms with Crippen molar-refractivity contribution in [2.45, 2.75) is 33.6 Å². The van der Waals surface area contributed by atoms with E-state index >= 15 is 0 Å². The molecule has 1 N–H and O–H groups in total. The van der Waals surface area contributed by atoms with E-state index in [-0.39, 0.29) is 0 Å². The Labute approximate surface area is 167 Å². The van der Waals surface area contributed by atoms with Crippen LogP contribution < -0.4 is 9.80 Å². The molecule has 0 radical (unpaired) electrons. The summed E-state index contributed by atoms with van der Waals surface area (Å²) in [5.41, 5.74) is 6.00. The molecule has 0 spiro atoms. The number of hydrogen-bond acceptors (Lipinski definition) is 3. The number of aromatic nitrogens is 2. The lowest BCUT2D eigenvalue weighted by atomic mass is 9.96. The Hall–Kier alpha value is -2.58.